The Balaban J connectivity index is 0.00000169. The highest BCUT2D eigenvalue weighted by molar-refractivity contribution is 7.09. The molecule has 0 saturated carbocycles. The summed E-state index contributed by atoms with van der Waals surface area (Å²) in [6.07, 6.45) is 0.949. The second-order valence-corrected chi connectivity index (χ2v) is 6.97. The molecule has 2 heterocycles. The molecule has 2 unspecified atom stereocenters. The van der Waals surface area contributed by atoms with E-state index in [1.54, 1.807) is 23.3 Å². The Hall–Kier alpha value is -1.18. The van der Waals surface area contributed by atoms with Gasteiger partial charge in [-0.25, -0.2) is 4.98 Å². The second-order valence-electron chi connectivity index (χ2n) is 6.09. The van der Waals surface area contributed by atoms with Crippen LogP contribution in [0, 0.1) is 0 Å². The number of amides is 1. The molecule has 0 aliphatic carbocycles. The number of aromatic nitrogens is 1. The van der Waals surface area contributed by atoms with E-state index in [0.717, 1.165) is 29.2 Å². The van der Waals surface area contributed by atoms with Crippen molar-refractivity contribution in [2.24, 2.45) is 0 Å². The first-order valence-corrected chi connectivity index (χ1v) is 9.01. The minimum Gasteiger partial charge on any atom is -0.375 e. The summed E-state index contributed by atoms with van der Waals surface area (Å²) >= 11 is 1.57. The number of thiazole rings is 1. The third-order valence-corrected chi connectivity index (χ3v) is 5.46. The normalized spacial score (nSPS) is 16.7. The van der Waals surface area contributed by atoms with E-state index in [4.69, 9.17) is 4.74 Å². The Morgan fingerprint density at radius 1 is 1.42 bits per heavy atom. The molecule has 0 fully saturated rings. The monoisotopic (exact) mass is 417 g/mol. The van der Waals surface area contributed by atoms with E-state index in [0.29, 0.717) is 6.54 Å². The van der Waals surface area contributed by atoms with Gasteiger partial charge in [0.25, 0.3) is 0 Å². The van der Waals surface area contributed by atoms with Crippen molar-refractivity contribution < 1.29 is 9.53 Å². The van der Waals surface area contributed by atoms with Crippen molar-refractivity contribution in [1.82, 2.24) is 15.2 Å². The molecule has 26 heavy (non-hydrogen) atoms. The molecule has 1 aliphatic rings. The molecule has 8 heteroatoms. The molecular formula is C18H25Cl2N3O2S. The predicted octanol–water partition coefficient (Wildman–Crippen LogP) is 3.54. The van der Waals surface area contributed by atoms with Crippen LogP contribution in [-0.2, 0) is 22.5 Å². The van der Waals surface area contributed by atoms with Crippen LogP contribution in [0.15, 0.2) is 29.6 Å². The quantitative estimate of drug-likeness (QED) is 0.807. The lowest BCUT2D eigenvalue weighted by molar-refractivity contribution is -0.133. The summed E-state index contributed by atoms with van der Waals surface area (Å²) in [6, 6.07) is 7.90. The first-order valence-electron chi connectivity index (χ1n) is 8.13. The van der Waals surface area contributed by atoms with Gasteiger partial charge >= 0.3 is 0 Å². The Bertz CT molecular complexity index is 726. The van der Waals surface area contributed by atoms with Crippen LogP contribution in [0.3, 0.4) is 0 Å². The van der Waals surface area contributed by atoms with Gasteiger partial charge in [-0.05, 0) is 24.5 Å². The van der Waals surface area contributed by atoms with Gasteiger partial charge in [0, 0.05) is 26.1 Å². The van der Waals surface area contributed by atoms with Crippen molar-refractivity contribution in [3.8, 4) is 0 Å². The number of methoxy groups -OCH3 is 1. The Morgan fingerprint density at radius 3 is 2.88 bits per heavy atom. The van der Waals surface area contributed by atoms with E-state index in [9.17, 15) is 4.79 Å². The van der Waals surface area contributed by atoms with E-state index in [1.165, 1.54) is 5.56 Å². The number of rotatable bonds is 5. The van der Waals surface area contributed by atoms with Gasteiger partial charge < -0.3 is 15.0 Å². The van der Waals surface area contributed by atoms with Crippen LogP contribution in [0.2, 0.25) is 0 Å². The van der Waals surface area contributed by atoms with E-state index < -0.39 is 0 Å². The molecule has 1 N–H and O–H groups in total. The summed E-state index contributed by atoms with van der Waals surface area (Å²) in [6.45, 7) is 3.31. The lowest BCUT2D eigenvalue weighted by Crippen LogP contribution is -2.42. The van der Waals surface area contributed by atoms with E-state index >= 15 is 0 Å². The zero-order chi connectivity index (χ0) is 17.1. The summed E-state index contributed by atoms with van der Waals surface area (Å²) in [4.78, 5) is 19.2. The fourth-order valence-electron chi connectivity index (χ4n) is 2.95. The Labute approximate surface area is 171 Å². The fraction of sp³-hybridized carbons (Fsp3) is 0.444. The number of fused-ring (bicyclic) bond motifs is 1. The standard InChI is InChI=1S/C18H23N3O2S.2ClH/c1-12(23-3)17-20-14(11-24-17)10-21(2)18(22)16-15-7-5-4-6-13(15)8-9-19-16;;/h4-7,11-12,16,19H,8-10H2,1-3H3;2*1H. The Morgan fingerprint density at radius 2 is 2.15 bits per heavy atom. The molecule has 0 radical (unpaired) electrons. The molecule has 1 aromatic heterocycles. The van der Waals surface area contributed by atoms with Gasteiger partial charge in [-0.1, -0.05) is 24.3 Å². The van der Waals surface area contributed by atoms with E-state index in [-0.39, 0.29) is 42.9 Å². The molecule has 1 aliphatic heterocycles. The number of hydrogen-bond donors (Lipinski definition) is 1. The van der Waals surface area contributed by atoms with Gasteiger partial charge in [-0.15, -0.1) is 36.2 Å². The minimum atomic E-state index is -0.268. The number of benzene rings is 1. The topological polar surface area (TPSA) is 54.5 Å². The SMILES string of the molecule is COC(C)c1nc(CN(C)C(=O)C2NCCc3ccccc32)cs1.Cl.Cl. The molecule has 0 spiro atoms. The van der Waals surface area contributed by atoms with Gasteiger partial charge in [0.2, 0.25) is 5.91 Å². The number of halogens is 2. The van der Waals surface area contributed by atoms with Gasteiger partial charge in [-0.3, -0.25) is 4.79 Å². The van der Waals surface area contributed by atoms with Crippen molar-refractivity contribution in [2.75, 3.05) is 20.7 Å². The maximum absolute atomic E-state index is 12.9. The molecule has 0 saturated heterocycles. The minimum absolute atomic E-state index is 0. The zero-order valence-corrected chi connectivity index (χ0v) is 17.5. The second kappa shape index (κ2) is 10.2. The number of carbonyl (C=O) groups excluding carboxylic acids is 1. The van der Waals surface area contributed by atoms with Gasteiger partial charge in [0.15, 0.2) is 0 Å². The average molecular weight is 418 g/mol. The fourth-order valence-corrected chi connectivity index (χ4v) is 3.79. The third kappa shape index (κ3) is 4.96. The largest absolute Gasteiger partial charge is 0.375 e. The molecule has 1 amide bonds. The van der Waals surface area contributed by atoms with Gasteiger partial charge in [0.05, 0.1) is 12.2 Å². The van der Waals surface area contributed by atoms with E-state index in [2.05, 4.69) is 16.4 Å². The highest BCUT2D eigenvalue weighted by atomic mass is 35.5. The Kier molecular flexibility index (Phi) is 9.00. The number of ether oxygens (including phenoxy) is 1. The van der Waals surface area contributed by atoms with Crippen LogP contribution < -0.4 is 5.32 Å². The van der Waals surface area contributed by atoms with Crippen LogP contribution in [0.5, 0.6) is 0 Å². The smallest absolute Gasteiger partial charge is 0.244 e. The van der Waals surface area contributed by atoms with Crippen molar-refractivity contribution in [1.29, 1.82) is 0 Å². The first-order chi connectivity index (χ1) is 11.6. The molecule has 3 rings (SSSR count). The highest BCUT2D eigenvalue weighted by Crippen LogP contribution is 2.25. The molecule has 2 aromatic rings. The molecule has 0 bridgehead atoms. The van der Waals surface area contributed by atoms with Crippen LogP contribution >= 0.6 is 36.2 Å². The number of nitrogens with one attached hydrogen (secondary N) is 1. The number of nitrogens with zero attached hydrogens (tertiary/aromatic N) is 2. The number of carbonyl (C=O) groups is 1. The van der Waals surface area contributed by atoms with Gasteiger partial charge in [-0.2, -0.15) is 0 Å². The van der Waals surface area contributed by atoms with Crippen molar-refractivity contribution in [2.45, 2.75) is 32.0 Å². The summed E-state index contributed by atoms with van der Waals surface area (Å²) in [5.74, 6) is 0.0801. The van der Waals surface area contributed by atoms with Crippen molar-refractivity contribution in [3.63, 3.8) is 0 Å². The maximum Gasteiger partial charge on any atom is 0.244 e. The summed E-state index contributed by atoms with van der Waals surface area (Å²) in [7, 11) is 3.51. The molecule has 2 atom stereocenters. The lowest BCUT2D eigenvalue weighted by atomic mass is 9.93. The number of hydrogen-bond acceptors (Lipinski definition) is 5. The molecule has 1 aromatic carbocycles. The third-order valence-electron chi connectivity index (χ3n) is 4.40. The lowest BCUT2D eigenvalue weighted by Gasteiger charge is -2.29. The van der Waals surface area contributed by atoms with Crippen LogP contribution in [0.25, 0.3) is 0 Å². The first kappa shape index (κ1) is 22.9. The zero-order valence-electron chi connectivity index (χ0n) is 15.1. The van der Waals surface area contributed by atoms with Crippen molar-refractivity contribution in [3.05, 3.63) is 51.5 Å². The van der Waals surface area contributed by atoms with Crippen LogP contribution in [0.1, 0.15) is 40.9 Å². The van der Waals surface area contributed by atoms with Crippen LogP contribution in [0.4, 0.5) is 0 Å². The molecule has 144 valence electrons. The number of likely N-dealkylation sites (N-methyl/N-ethyl adjacent to an activating group) is 1. The molecular weight excluding hydrogens is 393 g/mol. The predicted molar refractivity (Wildman–Crippen MR) is 109 cm³/mol. The van der Waals surface area contributed by atoms with Gasteiger partial charge in [0.1, 0.15) is 17.2 Å². The summed E-state index contributed by atoms with van der Waals surface area (Å²) < 4.78 is 5.29. The summed E-state index contributed by atoms with van der Waals surface area (Å²) in [5.41, 5.74) is 3.25. The van der Waals surface area contributed by atoms with Crippen LogP contribution in [-0.4, -0.2) is 36.5 Å². The summed E-state index contributed by atoms with van der Waals surface area (Å²) in [5, 5.41) is 6.28. The maximum atomic E-state index is 12.9. The van der Waals surface area contributed by atoms with E-state index in [1.807, 2.05) is 37.6 Å². The average Bonchev–Trinajstić information content (AvgIpc) is 3.08. The molecule has 5 nitrogen and oxygen atoms in total. The van der Waals surface area contributed by atoms with Crippen molar-refractivity contribution >= 4 is 42.1 Å². The highest BCUT2D eigenvalue weighted by Gasteiger charge is 2.28.